The summed E-state index contributed by atoms with van der Waals surface area (Å²) in [4.78, 5) is 12.2. The topological polar surface area (TPSA) is 17.1 Å². The van der Waals surface area contributed by atoms with Gasteiger partial charge in [0.15, 0.2) is 5.78 Å². The minimum atomic E-state index is -1.86. The van der Waals surface area contributed by atoms with E-state index in [0.717, 1.165) is 16.7 Å². The number of hydrogen-bond acceptors (Lipinski definition) is 1. The standard InChI is InChI=1S/C16H14O/c1-11-7-8-13-15(9-11)14(10-16(13)17)12-5-3-2-4-6-12/h2-9,14H,10H2,1H3/t14-/m1/s1/i10D2. The molecule has 1 nitrogen and oxygen atoms in total. The summed E-state index contributed by atoms with van der Waals surface area (Å²) < 4.78 is 16.3. The van der Waals surface area contributed by atoms with E-state index in [4.69, 9.17) is 2.74 Å². The molecule has 1 heteroatoms. The van der Waals surface area contributed by atoms with Gasteiger partial charge in [-0.3, -0.25) is 4.79 Å². The largest absolute Gasteiger partial charge is 0.294 e. The molecule has 2 aromatic carbocycles. The molecular formula is C16H14O. The number of aryl methyl sites for hydroxylation is 1. The molecule has 84 valence electrons. The van der Waals surface area contributed by atoms with Crippen molar-refractivity contribution < 1.29 is 7.54 Å². The van der Waals surface area contributed by atoms with Crippen molar-refractivity contribution in [3.63, 3.8) is 0 Å². The Bertz CT molecular complexity index is 647. The summed E-state index contributed by atoms with van der Waals surface area (Å²) in [5.74, 6) is -0.910. The molecule has 0 saturated carbocycles. The average Bonchev–Trinajstić information content (AvgIpc) is 2.58. The molecule has 0 aromatic heterocycles. The zero-order valence-electron chi connectivity index (χ0n) is 11.6. The molecular weight excluding hydrogens is 208 g/mol. The van der Waals surface area contributed by atoms with E-state index in [9.17, 15) is 4.79 Å². The minimum Gasteiger partial charge on any atom is -0.294 e. The van der Waals surface area contributed by atoms with Crippen LogP contribution in [-0.4, -0.2) is 5.78 Å². The third kappa shape index (κ3) is 1.68. The van der Waals surface area contributed by atoms with Crippen molar-refractivity contribution in [3.05, 3.63) is 70.8 Å². The highest BCUT2D eigenvalue weighted by Gasteiger charge is 2.29. The van der Waals surface area contributed by atoms with E-state index in [1.165, 1.54) is 0 Å². The van der Waals surface area contributed by atoms with E-state index in [1.807, 2.05) is 49.4 Å². The number of carbonyl (C=O) groups excluding carboxylic acids is 1. The molecule has 3 rings (SSSR count). The molecule has 0 aliphatic heterocycles. The van der Waals surface area contributed by atoms with Crippen LogP contribution in [0, 0.1) is 6.92 Å². The van der Waals surface area contributed by atoms with Crippen molar-refractivity contribution in [2.45, 2.75) is 19.2 Å². The van der Waals surface area contributed by atoms with Gasteiger partial charge in [-0.25, -0.2) is 0 Å². The maximum Gasteiger partial charge on any atom is 0.164 e. The fourth-order valence-electron chi connectivity index (χ4n) is 2.32. The van der Waals surface area contributed by atoms with Crippen LogP contribution in [0.25, 0.3) is 0 Å². The summed E-state index contributed by atoms with van der Waals surface area (Å²) in [5, 5.41) is 0. The van der Waals surface area contributed by atoms with Crippen LogP contribution < -0.4 is 0 Å². The van der Waals surface area contributed by atoms with Gasteiger partial charge in [-0.1, -0.05) is 54.1 Å². The van der Waals surface area contributed by atoms with Crippen LogP contribution in [0.2, 0.25) is 0 Å². The van der Waals surface area contributed by atoms with Crippen molar-refractivity contribution in [1.82, 2.24) is 0 Å². The Balaban J connectivity index is 2.24. The predicted molar refractivity (Wildman–Crippen MR) is 68.4 cm³/mol. The first-order valence-corrected chi connectivity index (χ1v) is 5.72. The highest BCUT2D eigenvalue weighted by molar-refractivity contribution is 6.02. The van der Waals surface area contributed by atoms with Gasteiger partial charge in [-0.15, -0.1) is 0 Å². The van der Waals surface area contributed by atoms with E-state index >= 15 is 0 Å². The lowest BCUT2D eigenvalue weighted by atomic mass is 9.92. The molecule has 0 amide bonds. The van der Waals surface area contributed by atoms with E-state index in [1.54, 1.807) is 6.07 Å². The molecule has 0 fully saturated rings. The summed E-state index contributed by atoms with van der Waals surface area (Å²) in [5.41, 5.74) is 3.22. The van der Waals surface area contributed by atoms with E-state index in [0.29, 0.717) is 5.56 Å². The summed E-state index contributed by atoms with van der Waals surface area (Å²) in [7, 11) is 0. The molecule has 0 unspecified atom stereocenters. The molecule has 1 aliphatic carbocycles. The van der Waals surface area contributed by atoms with Gasteiger partial charge < -0.3 is 0 Å². The SMILES string of the molecule is [2H]C1([2H])C(=O)c2ccc(C)cc2[C@H]1c1ccccc1. The van der Waals surface area contributed by atoms with Gasteiger partial charge in [-0.05, 0) is 18.1 Å². The lowest BCUT2D eigenvalue weighted by Crippen LogP contribution is -1.96. The van der Waals surface area contributed by atoms with Crippen LogP contribution in [0.5, 0.6) is 0 Å². The highest BCUT2D eigenvalue weighted by Crippen LogP contribution is 2.38. The van der Waals surface area contributed by atoms with Crippen molar-refractivity contribution in [3.8, 4) is 0 Å². The maximum atomic E-state index is 12.2. The number of carbonyl (C=O) groups is 1. The van der Waals surface area contributed by atoms with Gasteiger partial charge in [0, 0.05) is 20.6 Å². The zero-order valence-corrected chi connectivity index (χ0v) is 9.60. The van der Waals surface area contributed by atoms with Crippen LogP contribution in [-0.2, 0) is 0 Å². The summed E-state index contributed by atoms with van der Waals surface area (Å²) >= 11 is 0. The number of benzene rings is 2. The molecule has 0 saturated heterocycles. The molecule has 1 aliphatic rings. The van der Waals surface area contributed by atoms with Crippen LogP contribution >= 0.6 is 0 Å². The number of hydrogen-bond donors (Lipinski definition) is 0. The Hall–Kier alpha value is -1.89. The fraction of sp³-hybridized carbons (Fsp3) is 0.188. The number of Topliss-reactive ketones (excluding diaryl/α,β-unsaturated/α-hetero) is 1. The van der Waals surface area contributed by atoms with Crippen molar-refractivity contribution in [2.24, 2.45) is 0 Å². The first-order chi connectivity index (χ1) is 9.01. The Kier molecular flexibility index (Phi) is 1.86. The highest BCUT2D eigenvalue weighted by atomic mass is 16.1. The molecule has 0 radical (unpaired) electrons. The van der Waals surface area contributed by atoms with Crippen molar-refractivity contribution >= 4 is 5.78 Å². The normalized spacial score (nSPS) is 22.9. The molecule has 0 heterocycles. The third-order valence-corrected chi connectivity index (χ3v) is 3.17. The van der Waals surface area contributed by atoms with Gasteiger partial charge in [0.25, 0.3) is 0 Å². The average molecular weight is 224 g/mol. The molecule has 0 spiro atoms. The van der Waals surface area contributed by atoms with Gasteiger partial charge in [-0.2, -0.15) is 0 Å². The molecule has 0 bridgehead atoms. The second-order valence-corrected chi connectivity index (χ2v) is 4.41. The summed E-state index contributed by atoms with van der Waals surface area (Å²) in [6.45, 7) is 1.96. The first-order valence-electron chi connectivity index (χ1n) is 6.72. The van der Waals surface area contributed by atoms with Gasteiger partial charge >= 0.3 is 0 Å². The van der Waals surface area contributed by atoms with Crippen LogP contribution in [0.4, 0.5) is 0 Å². The molecule has 2 aromatic rings. The molecule has 17 heavy (non-hydrogen) atoms. The lowest BCUT2D eigenvalue weighted by Gasteiger charge is -2.11. The third-order valence-electron chi connectivity index (χ3n) is 3.17. The van der Waals surface area contributed by atoms with E-state index in [2.05, 4.69) is 0 Å². The second kappa shape index (κ2) is 3.85. The van der Waals surface area contributed by atoms with E-state index < -0.39 is 18.1 Å². The van der Waals surface area contributed by atoms with Gasteiger partial charge in [0.2, 0.25) is 0 Å². The minimum absolute atomic E-state index is 0.406. The Morgan fingerprint density at radius 1 is 1.18 bits per heavy atom. The second-order valence-electron chi connectivity index (χ2n) is 4.41. The first kappa shape index (κ1) is 8.24. The molecule has 0 N–H and O–H groups in total. The number of fused-ring (bicyclic) bond motifs is 1. The van der Waals surface area contributed by atoms with Gasteiger partial charge in [0.05, 0.1) is 0 Å². The fourth-order valence-corrected chi connectivity index (χ4v) is 2.32. The Morgan fingerprint density at radius 3 is 2.71 bits per heavy atom. The Labute approximate surface area is 104 Å². The summed E-state index contributed by atoms with van der Waals surface area (Å²) in [6.07, 6.45) is -1.86. The van der Waals surface area contributed by atoms with Crippen LogP contribution in [0.1, 0.15) is 42.1 Å². The zero-order chi connectivity index (χ0) is 13.6. The van der Waals surface area contributed by atoms with Crippen LogP contribution in [0.15, 0.2) is 48.5 Å². The van der Waals surface area contributed by atoms with E-state index in [-0.39, 0.29) is 0 Å². The monoisotopic (exact) mass is 224 g/mol. The quantitative estimate of drug-likeness (QED) is 0.721. The number of ketones is 1. The molecule has 1 atom stereocenters. The van der Waals surface area contributed by atoms with Crippen molar-refractivity contribution in [1.29, 1.82) is 0 Å². The lowest BCUT2D eigenvalue weighted by molar-refractivity contribution is 0.0991. The Morgan fingerprint density at radius 2 is 1.94 bits per heavy atom. The summed E-state index contributed by atoms with van der Waals surface area (Å²) in [6, 6.07) is 14.9. The smallest absolute Gasteiger partial charge is 0.164 e. The number of rotatable bonds is 1. The predicted octanol–water partition coefficient (Wildman–Crippen LogP) is 3.71. The van der Waals surface area contributed by atoms with Gasteiger partial charge in [0.1, 0.15) is 0 Å². The maximum absolute atomic E-state index is 12.2. The van der Waals surface area contributed by atoms with Crippen molar-refractivity contribution in [2.75, 3.05) is 0 Å². The van der Waals surface area contributed by atoms with Crippen LogP contribution in [0.3, 0.4) is 0 Å².